The van der Waals surface area contributed by atoms with Crippen LogP contribution in [0.5, 0.6) is 17.2 Å². The molecule has 0 heterocycles. The van der Waals surface area contributed by atoms with Crippen LogP contribution in [0, 0.1) is 34.5 Å². The SMILES string of the molecule is CCCCOc1ccc(Sc2c(OCCC(C)C)c(C#N)c(C#N)c(OCCC(C)C)c2Sc2ccccc2N)cc1. The topological polar surface area (TPSA) is 101 Å². The van der Waals surface area contributed by atoms with Gasteiger partial charge in [0.15, 0.2) is 11.5 Å². The Morgan fingerprint density at radius 2 is 1.29 bits per heavy atom. The molecule has 0 saturated heterocycles. The highest BCUT2D eigenvalue weighted by atomic mass is 32.2. The normalized spacial score (nSPS) is 10.9. The molecule has 6 nitrogen and oxygen atoms in total. The van der Waals surface area contributed by atoms with E-state index in [4.69, 9.17) is 19.9 Å². The predicted molar refractivity (Wildman–Crippen MR) is 172 cm³/mol. The monoisotopic (exact) mass is 603 g/mol. The number of hydrogen-bond acceptors (Lipinski definition) is 8. The van der Waals surface area contributed by atoms with Gasteiger partial charge in [-0.05, 0) is 67.5 Å². The molecule has 0 aliphatic heterocycles. The van der Waals surface area contributed by atoms with Crippen molar-refractivity contribution in [3.8, 4) is 29.4 Å². The van der Waals surface area contributed by atoms with Gasteiger partial charge in [0, 0.05) is 15.5 Å². The smallest absolute Gasteiger partial charge is 0.153 e. The Labute approximate surface area is 259 Å². The Morgan fingerprint density at radius 3 is 1.79 bits per heavy atom. The standard InChI is InChI=1S/C34H41N3O3S2/c1-6-7-18-38-25-12-14-26(15-13-25)41-33-31(39-19-16-23(2)3)27(21-35)28(22-36)32(40-20-17-24(4)5)34(33)42-30-11-9-8-10-29(30)37/h8-15,23-24H,6-7,16-20,37H2,1-5H3. The number of nitrogens with two attached hydrogens (primary N) is 1. The van der Waals surface area contributed by atoms with Crippen molar-refractivity contribution in [1.82, 2.24) is 0 Å². The Kier molecular flexibility index (Phi) is 13.3. The number of nitrogens with zero attached hydrogens (tertiary/aromatic N) is 2. The summed E-state index contributed by atoms with van der Waals surface area (Å²) in [6, 6.07) is 20.0. The van der Waals surface area contributed by atoms with Crippen LogP contribution in [-0.4, -0.2) is 19.8 Å². The molecule has 0 atom stereocenters. The van der Waals surface area contributed by atoms with Crippen LogP contribution in [0.4, 0.5) is 5.69 Å². The lowest BCUT2D eigenvalue weighted by molar-refractivity contribution is 0.269. The summed E-state index contributed by atoms with van der Waals surface area (Å²) >= 11 is 2.91. The van der Waals surface area contributed by atoms with Gasteiger partial charge in [0.05, 0.1) is 29.6 Å². The molecule has 3 aromatic rings. The number of para-hydroxylation sites is 1. The van der Waals surface area contributed by atoms with Crippen LogP contribution in [-0.2, 0) is 0 Å². The highest BCUT2D eigenvalue weighted by molar-refractivity contribution is 8.02. The second-order valence-corrected chi connectivity index (χ2v) is 12.9. The largest absolute Gasteiger partial charge is 0.494 e. The summed E-state index contributed by atoms with van der Waals surface area (Å²) in [6.07, 6.45) is 3.68. The highest BCUT2D eigenvalue weighted by Crippen LogP contribution is 2.53. The average Bonchev–Trinajstić information content (AvgIpc) is 2.96. The summed E-state index contributed by atoms with van der Waals surface area (Å²) in [6.45, 7) is 12.1. The van der Waals surface area contributed by atoms with E-state index in [0.717, 1.165) is 46.1 Å². The number of anilines is 1. The first-order valence-electron chi connectivity index (χ1n) is 14.5. The number of nitriles is 2. The summed E-state index contributed by atoms with van der Waals surface area (Å²) in [5, 5.41) is 20.7. The molecule has 0 spiro atoms. The second kappa shape index (κ2) is 16.9. The van der Waals surface area contributed by atoms with E-state index in [1.165, 1.54) is 23.5 Å². The van der Waals surface area contributed by atoms with Gasteiger partial charge in [0.25, 0.3) is 0 Å². The van der Waals surface area contributed by atoms with Crippen molar-refractivity contribution >= 4 is 29.2 Å². The van der Waals surface area contributed by atoms with Crippen molar-refractivity contribution in [1.29, 1.82) is 10.5 Å². The number of rotatable bonds is 16. The molecular formula is C34H41N3O3S2. The first kappa shape index (κ1) is 33.0. The number of unbranched alkanes of at least 4 members (excludes halogenated alkanes) is 1. The maximum atomic E-state index is 10.3. The van der Waals surface area contributed by atoms with Crippen molar-refractivity contribution in [2.45, 2.75) is 79.9 Å². The van der Waals surface area contributed by atoms with Gasteiger partial charge in [-0.25, -0.2) is 0 Å². The van der Waals surface area contributed by atoms with Gasteiger partial charge >= 0.3 is 0 Å². The summed E-state index contributed by atoms with van der Waals surface area (Å²) < 4.78 is 18.6. The lowest BCUT2D eigenvalue weighted by Crippen LogP contribution is -2.09. The minimum atomic E-state index is 0.182. The van der Waals surface area contributed by atoms with Crippen molar-refractivity contribution in [2.24, 2.45) is 11.8 Å². The van der Waals surface area contributed by atoms with Crippen LogP contribution in [0.15, 0.2) is 68.1 Å². The molecule has 0 aliphatic rings. The van der Waals surface area contributed by atoms with E-state index in [0.29, 0.717) is 53.7 Å². The van der Waals surface area contributed by atoms with Crippen LogP contribution in [0.2, 0.25) is 0 Å². The zero-order valence-electron chi connectivity index (χ0n) is 25.2. The third-order valence-electron chi connectivity index (χ3n) is 6.37. The van der Waals surface area contributed by atoms with E-state index in [9.17, 15) is 10.5 Å². The summed E-state index contributed by atoms with van der Waals surface area (Å²) in [4.78, 5) is 3.20. The fourth-order valence-corrected chi connectivity index (χ4v) is 6.06. The Bertz CT molecular complexity index is 1390. The maximum absolute atomic E-state index is 10.3. The van der Waals surface area contributed by atoms with Gasteiger partial charge in [-0.3, -0.25) is 0 Å². The van der Waals surface area contributed by atoms with Crippen molar-refractivity contribution in [3.63, 3.8) is 0 Å². The molecule has 0 aliphatic carbocycles. The molecule has 0 unspecified atom stereocenters. The third kappa shape index (κ3) is 9.28. The van der Waals surface area contributed by atoms with E-state index in [-0.39, 0.29) is 11.1 Å². The molecular weight excluding hydrogens is 563 g/mol. The zero-order chi connectivity index (χ0) is 30.5. The van der Waals surface area contributed by atoms with Gasteiger partial charge in [-0.1, -0.05) is 76.7 Å². The molecule has 0 aromatic heterocycles. The summed E-state index contributed by atoms with van der Waals surface area (Å²) in [7, 11) is 0. The van der Waals surface area contributed by atoms with E-state index in [2.05, 4.69) is 46.8 Å². The molecule has 3 aromatic carbocycles. The van der Waals surface area contributed by atoms with Crippen molar-refractivity contribution in [2.75, 3.05) is 25.6 Å². The number of hydrogen-bond donors (Lipinski definition) is 1. The van der Waals surface area contributed by atoms with E-state index >= 15 is 0 Å². The minimum Gasteiger partial charge on any atom is -0.494 e. The molecule has 8 heteroatoms. The molecule has 0 amide bonds. The van der Waals surface area contributed by atoms with Gasteiger partial charge in [-0.2, -0.15) is 10.5 Å². The molecule has 222 valence electrons. The predicted octanol–water partition coefficient (Wildman–Crippen LogP) is 9.34. The Hall–Kier alpha value is -3.46. The first-order chi connectivity index (χ1) is 20.3. The minimum absolute atomic E-state index is 0.182. The molecule has 0 saturated carbocycles. The lowest BCUT2D eigenvalue weighted by atomic mass is 10.1. The molecule has 0 bridgehead atoms. The Morgan fingerprint density at radius 1 is 0.738 bits per heavy atom. The fourth-order valence-electron chi connectivity index (χ4n) is 3.87. The molecule has 0 radical (unpaired) electrons. The van der Waals surface area contributed by atoms with E-state index in [1.54, 1.807) is 0 Å². The van der Waals surface area contributed by atoms with Gasteiger partial charge in [0.1, 0.15) is 29.0 Å². The van der Waals surface area contributed by atoms with Crippen LogP contribution in [0.3, 0.4) is 0 Å². The summed E-state index contributed by atoms with van der Waals surface area (Å²) in [5.74, 6) is 2.43. The highest BCUT2D eigenvalue weighted by Gasteiger charge is 2.29. The number of benzene rings is 3. The average molecular weight is 604 g/mol. The first-order valence-corrected chi connectivity index (χ1v) is 16.1. The number of ether oxygens (including phenoxy) is 3. The van der Waals surface area contributed by atoms with Crippen LogP contribution >= 0.6 is 23.5 Å². The zero-order valence-corrected chi connectivity index (χ0v) is 26.9. The number of nitrogen functional groups attached to an aromatic ring is 1. The molecule has 3 rings (SSSR count). The maximum Gasteiger partial charge on any atom is 0.153 e. The van der Waals surface area contributed by atoms with Gasteiger partial charge in [-0.15, -0.1) is 0 Å². The van der Waals surface area contributed by atoms with Crippen molar-refractivity contribution in [3.05, 3.63) is 59.7 Å². The Balaban J connectivity index is 2.21. The third-order valence-corrected chi connectivity index (χ3v) is 8.79. The quantitative estimate of drug-likeness (QED) is 0.128. The molecule has 42 heavy (non-hydrogen) atoms. The van der Waals surface area contributed by atoms with Crippen LogP contribution < -0.4 is 19.9 Å². The van der Waals surface area contributed by atoms with E-state index < -0.39 is 0 Å². The van der Waals surface area contributed by atoms with Crippen LogP contribution in [0.1, 0.15) is 71.4 Å². The van der Waals surface area contributed by atoms with Crippen molar-refractivity contribution < 1.29 is 14.2 Å². The van der Waals surface area contributed by atoms with Gasteiger partial charge < -0.3 is 19.9 Å². The summed E-state index contributed by atoms with van der Waals surface area (Å²) in [5.41, 5.74) is 7.36. The lowest BCUT2D eigenvalue weighted by Gasteiger charge is -2.22. The fraction of sp³-hybridized carbons (Fsp3) is 0.412. The van der Waals surface area contributed by atoms with E-state index in [1.807, 2.05) is 48.5 Å². The van der Waals surface area contributed by atoms with Crippen LogP contribution in [0.25, 0.3) is 0 Å². The molecule has 0 fully saturated rings. The molecule has 2 N–H and O–H groups in total. The van der Waals surface area contributed by atoms with Gasteiger partial charge in [0.2, 0.25) is 0 Å². The second-order valence-electron chi connectivity index (χ2n) is 10.8.